The Kier molecular flexibility index (Phi) is 11.1. The molecule has 47 heavy (non-hydrogen) atoms. The molecule has 3 atom stereocenters. The molecule has 0 aliphatic carbocycles. The van der Waals surface area contributed by atoms with E-state index in [0.717, 1.165) is 38.8 Å². The molecule has 3 saturated heterocycles. The second-order valence-electron chi connectivity index (χ2n) is 14.5. The molecule has 0 spiro atoms. The molecule has 1 amide bonds. The van der Waals surface area contributed by atoms with Crippen LogP contribution < -0.4 is 9.64 Å². The van der Waals surface area contributed by atoms with Crippen molar-refractivity contribution in [2.75, 3.05) is 50.9 Å². The van der Waals surface area contributed by atoms with Crippen molar-refractivity contribution in [3.05, 3.63) is 21.4 Å². The third-order valence-corrected chi connectivity index (χ3v) is 9.75. The van der Waals surface area contributed by atoms with Crippen molar-refractivity contribution in [1.82, 2.24) is 19.8 Å². The van der Waals surface area contributed by atoms with E-state index in [1.165, 1.54) is 0 Å². The molecule has 3 aliphatic rings. The fourth-order valence-corrected chi connectivity index (χ4v) is 6.79. The van der Waals surface area contributed by atoms with Crippen LogP contribution in [-0.2, 0) is 19.0 Å². The zero-order valence-corrected chi connectivity index (χ0v) is 30.5. The number of carbonyl (C=O) groups excluding carboxylic acids is 2. The van der Waals surface area contributed by atoms with Gasteiger partial charge in [-0.2, -0.15) is 9.97 Å². The smallest absolute Gasteiger partial charge is 0.410 e. The Morgan fingerprint density at radius 1 is 1.02 bits per heavy atom. The van der Waals surface area contributed by atoms with Gasteiger partial charge < -0.3 is 23.8 Å². The lowest BCUT2D eigenvalue weighted by Crippen LogP contribution is -2.57. The second kappa shape index (κ2) is 14.6. The number of aromatic nitrogens is 2. The van der Waals surface area contributed by atoms with E-state index in [-0.39, 0.29) is 57.6 Å². The van der Waals surface area contributed by atoms with E-state index in [0.29, 0.717) is 44.1 Å². The van der Waals surface area contributed by atoms with Crippen molar-refractivity contribution in [1.29, 1.82) is 0 Å². The maximum atomic E-state index is 15.5. The van der Waals surface area contributed by atoms with Gasteiger partial charge in [-0.1, -0.05) is 11.6 Å². The Bertz CT molecular complexity index is 1460. The summed E-state index contributed by atoms with van der Waals surface area (Å²) < 4.78 is 38.5. The highest BCUT2D eigenvalue weighted by atomic mass is 79.9. The number of nitrogens with zero attached hydrogens (tertiary/aromatic N) is 5. The lowest BCUT2D eigenvalue weighted by molar-refractivity contribution is -0.156. The number of benzene rings is 1. The third-order valence-electron chi connectivity index (χ3n) is 8.45. The summed E-state index contributed by atoms with van der Waals surface area (Å²) in [5.41, 5.74) is -0.961. The molecule has 0 saturated carbocycles. The second-order valence-corrected chi connectivity index (χ2v) is 15.7. The Labute approximate surface area is 289 Å². The Balaban J connectivity index is 1.21. The molecule has 1 aromatic carbocycles. The minimum Gasteiger partial charge on any atom is -0.462 e. The summed E-state index contributed by atoms with van der Waals surface area (Å²) in [6.07, 6.45) is 3.40. The van der Waals surface area contributed by atoms with Crippen molar-refractivity contribution < 1.29 is 32.9 Å². The average molecular weight is 743 g/mol. The van der Waals surface area contributed by atoms with Crippen molar-refractivity contribution in [3.63, 3.8) is 0 Å². The van der Waals surface area contributed by atoms with E-state index in [1.54, 1.807) is 6.07 Å². The van der Waals surface area contributed by atoms with Crippen LogP contribution in [-0.4, -0.2) is 107 Å². The summed E-state index contributed by atoms with van der Waals surface area (Å²) in [5.74, 6) is -0.302. The number of likely N-dealkylation sites (tertiary alicyclic amines) is 1. The number of hydrogen-bond acceptors (Lipinski definition) is 10. The van der Waals surface area contributed by atoms with Crippen LogP contribution >= 0.6 is 27.5 Å². The molecule has 0 radical (unpaired) electrons. The van der Waals surface area contributed by atoms with Gasteiger partial charge in [0.15, 0.2) is 5.82 Å². The Morgan fingerprint density at radius 2 is 1.70 bits per heavy atom. The Hall–Kier alpha value is -2.48. The molecule has 2 bridgehead atoms. The number of esters is 1. The summed E-state index contributed by atoms with van der Waals surface area (Å²) in [6.45, 7) is 15.2. The van der Waals surface area contributed by atoms with Gasteiger partial charge in [0.25, 0.3) is 0 Å². The van der Waals surface area contributed by atoms with E-state index in [9.17, 15) is 9.59 Å². The number of ether oxygens (including phenoxy) is 4. The molecule has 0 N–H and O–H groups in total. The van der Waals surface area contributed by atoms with Crippen molar-refractivity contribution in [3.8, 4) is 6.01 Å². The predicted molar refractivity (Wildman–Crippen MR) is 181 cm³/mol. The number of fused-ring (bicyclic) bond motifs is 3. The first-order valence-electron chi connectivity index (χ1n) is 16.4. The number of amides is 1. The molecule has 14 heteroatoms. The molecule has 2 aromatic rings. The number of hydrogen-bond donors (Lipinski definition) is 0. The van der Waals surface area contributed by atoms with Gasteiger partial charge in [-0.05, 0) is 89.2 Å². The molecule has 1 aromatic heterocycles. The van der Waals surface area contributed by atoms with Crippen LogP contribution in [0.5, 0.6) is 6.01 Å². The fraction of sp³-hybridized carbons (Fsp3) is 0.697. The molecule has 3 fully saturated rings. The minimum absolute atomic E-state index is 0.0569. The number of halogens is 3. The van der Waals surface area contributed by atoms with Crippen LogP contribution in [0.1, 0.15) is 73.6 Å². The third kappa shape index (κ3) is 8.96. The van der Waals surface area contributed by atoms with Gasteiger partial charge in [-0.3, -0.25) is 14.6 Å². The molecule has 11 nitrogen and oxygen atoms in total. The van der Waals surface area contributed by atoms with Gasteiger partial charge >= 0.3 is 18.1 Å². The van der Waals surface area contributed by atoms with Gasteiger partial charge in [0.2, 0.25) is 0 Å². The highest BCUT2D eigenvalue weighted by molar-refractivity contribution is 9.10. The summed E-state index contributed by atoms with van der Waals surface area (Å²) in [4.78, 5) is 40.4. The van der Waals surface area contributed by atoms with Gasteiger partial charge in [0.1, 0.15) is 29.1 Å². The zero-order chi connectivity index (χ0) is 34.1. The van der Waals surface area contributed by atoms with Crippen LogP contribution in [0.3, 0.4) is 0 Å². The minimum atomic E-state index is -0.586. The molecule has 260 valence electrons. The van der Waals surface area contributed by atoms with Crippen molar-refractivity contribution in [2.45, 2.75) is 103 Å². The summed E-state index contributed by atoms with van der Waals surface area (Å²) in [6, 6.07) is 1.83. The first-order valence-corrected chi connectivity index (χ1v) is 17.5. The van der Waals surface area contributed by atoms with Crippen molar-refractivity contribution >= 4 is 56.3 Å². The van der Waals surface area contributed by atoms with E-state index >= 15 is 4.39 Å². The van der Waals surface area contributed by atoms with Gasteiger partial charge in [-0.15, -0.1) is 0 Å². The van der Waals surface area contributed by atoms with Gasteiger partial charge in [-0.25, -0.2) is 9.18 Å². The molecular weight excluding hydrogens is 697 g/mol. The van der Waals surface area contributed by atoms with Crippen molar-refractivity contribution in [2.24, 2.45) is 0 Å². The Morgan fingerprint density at radius 3 is 2.32 bits per heavy atom. The van der Waals surface area contributed by atoms with E-state index in [1.807, 2.05) is 46.4 Å². The normalized spacial score (nSPS) is 21.6. The first kappa shape index (κ1) is 35.8. The fourth-order valence-electron chi connectivity index (χ4n) is 6.30. The maximum Gasteiger partial charge on any atom is 0.410 e. The number of piperazine rings is 1. The molecule has 3 aliphatic heterocycles. The van der Waals surface area contributed by atoms with Gasteiger partial charge in [0.05, 0.1) is 34.6 Å². The summed E-state index contributed by atoms with van der Waals surface area (Å²) >= 11 is 9.65. The standard InChI is InChI=1S/C33H46BrClFN5O6/c1-32(2,3)46-25(42)11-15-44-14-7-12-39-13-10-22(39)19-45-30-37-28-23(16-24(35)26(34)27(28)36)29(38-30)40-17-20-8-9-21(18-40)41(20)31(43)47-33(4,5)6/h16,20-22H,7-15,17-19H2,1-6H3/t20?,21?,22-/m0/s1. The first-order chi connectivity index (χ1) is 22.1. The molecular formula is C33H46BrClFN5O6. The topological polar surface area (TPSA) is 107 Å². The quantitative estimate of drug-likeness (QED) is 0.147. The summed E-state index contributed by atoms with van der Waals surface area (Å²) in [5, 5.41) is 0.716. The van der Waals surface area contributed by atoms with E-state index < -0.39 is 17.0 Å². The highest BCUT2D eigenvalue weighted by Gasteiger charge is 2.45. The average Bonchev–Trinajstić information content (AvgIpc) is 3.22. The monoisotopic (exact) mass is 741 g/mol. The van der Waals surface area contributed by atoms with Crippen LogP contribution in [0.2, 0.25) is 5.02 Å². The molecule has 4 heterocycles. The number of carbonyl (C=O) groups is 2. The number of rotatable bonds is 11. The van der Waals surface area contributed by atoms with Crippen LogP contribution in [0.4, 0.5) is 15.0 Å². The lowest BCUT2D eigenvalue weighted by atomic mass is 10.0. The van der Waals surface area contributed by atoms with Crippen LogP contribution in [0, 0.1) is 5.82 Å². The van der Waals surface area contributed by atoms with E-state index in [2.05, 4.69) is 30.7 Å². The van der Waals surface area contributed by atoms with Gasteiger partial charge in [0, 0.05) is 44.2 Å². The zero-order valence-electron chi connectivity index (χ0n) is 28.1. The molecule has 5 rings (SSSR count). The number of anilines is 1. The molecule has 2 unspecified atom stereocenters. The SMILES string of the molecule is CC(C)(C)OC(=O)CCOCCCN1CC[C@H]1COc1nc(N2CC3CCC(C2)N3C(=O)OC(C)(C)C)c2cc(Cl)c(Br)c(F)c2n1. The predicted octanol–water partition coefficient (Wildman–Crippen LogP) is 6.36. The summed E-state index contributed by atoms with van der Waals surface area (Å²) in [7, 11) is 0. The van der Waals surface area contributed by atoms with Crippen LogP contribution in [0.25, 0.3) is 10.9 Å². The lowest BCUT2D eigenvalue weighted by Gasteiger charge is -2.42. The van der Waals surface area contributed by atoms with Crippen LogP contribution in [0.15, 0.2) is 10.5 Å². The maximum absolute atomic E-state index is 15.5. The van der Waals surface area contributed by atoms with E-state index in [4.69, 9.17) is 35.5 Å². The highest BCUT2D eigenvalue weighted by Crippen LogP contribution is 2.39. The largest absolute Gasteiger partial charge is 0.462 e.